The van der Waals surface area contributed by atoms with Gasteiger partial charge in [0.15, 0.2) is 11.6 Å². The average Bonchev–Trinajstić information content (AvgIpc) is 2.46. The highest BCUT2D eigenvalue weighted by molar-refractivity contribution is 9.10. The molecule has 1 unspecified atom stereocenters. The van der Waals surface area contributed by atoms with Gasteiger partial charge in [-0.3, -0.25) is 0 Å². The highest BCUT2D eigenvalue weighted by Gasteiger charge is 2.09. The fourth-order valence-electron chi connectivity index (χ4n) is 2.12. The molecule has 0 heterocycles. The van der Waals surface area contributed by atoms with Crippen molar-refractivity contribution >= 4 is 15.9 Å². The van der Waals surface area contributed by atoms with E-state index in [9.17, 15) is 4.39 Å². The minimum Gasteiger partial charge on any atom is -0.486 e. The van der Waals surface area contributed by atoms with Crippen LogP contribution in [-0.4, -0.2) is 6.54 Å². The average molecular weight is 352 g/mol. The number of nitrogens with one attached hydrogen (secondary N) is 1. The second-order valence-electron chi connectivity index (χ2n) is 4.89. The van der Waals surface area contributed by atoms with Crippen molar-refractivity contribution in [1.29, 1.82) is 0 Å². The van der Waals surface area contributed by atoms with Gasteiger partial charge in [-0.1, -0.05) is 41.1 Å². The number of rotatable bonds is 6. The van der Waals surface area contributed by atoms with E-state index in [0.29, 0.717) is 6.61 Å². The van der Waals surface area contributed by atoms with Crippen LogP contribution in [0.3, 0.4) is 0 Å². The van der Waals surface area contributed by atoms with E-state index < -0.39 is 0 Å². The summed E-state index contributed by atoms with van der Waals surface area (Å²) in [5.74, 6) is -0.0466. The quantitative estimate of drug-likeness (QED) is 0.803. The Kier molecular flexibility index (Phi) is 5.76. The maximum Gasteiger partial charge on any atom is 0.165 e. The van der Waals surface area contributed by atoms with Crippen molar-refractivity contribution in [3.05, 3.63) is 63.9 Å². The van der Waals surface area contributed by atoms with Crippen LogP contribution in [0, 0.1) is 5.82 Å². The lowest BCUT2D eigenvalue weighted by Crippen LogP contribution is -2.17. The van der Waals surface area contributed by atoms with Gasteiger partial charge in [-0.15, -0.1) is 0 Å². The lowest BCUT2D eigenvalue weighted by atomic mass is 10.1. The van der Waals surface area contributed by atoms with Crippen LogP contribution in [0.5, 0.6) is 5.75 Å². The predicted molar refractivity (Wildman–Crippen MR) is 87.0 cm³/mol. The van der Waals surface area contributed by atoms with Crippen molar-refractivity contribution in [2.75, 3.05) is 6.54 Å². The number of halogens is 2. The third-order valence-electron chi connectivity index (χ3n) is 3.25. The molecule has 0 aliphatic rings. The molecule has 112 valence electrons. The Hall–Kier alpha value is -1.39. The third-order valence-corrected chi connectivity index (χ3v) is 3.74. The Morgan fingerprint density at radius 1 is 1.24 bits per heavy atom. The zero-order chi connectivity index (χ0) is 15.2. The number of hydrogen-bond acceptors (Lipinski definition) is 2. The Morgan fingerprint density at radius 2 is 2.05 bits per heavy atom. The van der Waals surface area contributed by atoms with Gasteiger partial charge in [0, 0.05) is 10.5 Å². The Labute approximate surface area is 133 Å². The van der Waals surface area contributed by atoms with Crippen molar-refractivity contribution in [1.82, 2.24) is 5.32 Å². The lowest BCUT2D eigenvalue weighted by molar-refractivity contribution is 0.290. The van der Waals surface area contributed by atoms with Gasteiger partial charge in [-0.25, -0.2) is 4.39 Å². The van der Waals surface area contributed by atoms with Gasteiger partial charge in [0.25, 0.3) is 0 Å². The van der Waals surface area contributed by atoms with Gasteiger partial charge in [0.05, 0.1) is 0 Å². The largest absolute Gasteiger partial charge is 0.486 e. The van der Waals surface area contributed by atoms with Gasteiger partial charge in [-0.05, 0) is 48.9 Å². The molecule has 0 saturated heterocycles. The fraction of sp³-hybridized carbons (Fsp3) is 0.294. The summed E-state index contributed by atoms with van der Waals surface area (Å²) in [6, 6.07) is 13.0. The normalized spacial score (nSPS) is 12.2. The Balaban J connectivity index is 2.04. The van der Waals surface area contributed by atoms with Crippen molar-refractivity contribution in [3.8, 4) is 5.75 Å². The molecule has 0 fully saturated rings. The molecule has 1 N–H and O–H groups in total. The molecular weight excluding hydrogens is 333 g/mol. The van der Waals surface area contributed by atoms with E-state index >= 15 is 0 Å². The Bertz CT molecular complexity index is 603. The van der Waals surface area contributed by atoms with Crippen LogP contribution in [0.4, 0.5) is 4.39 Å². The zero-order valence-corrected chi connectivity index (χ0v) is 13.8. The first kappa shape index (κ1) is 16.0. The van der Waals surface area contributed by atoms with Crippen molar-refractivity contribution in [2.24, 2.45) is 0 Å². The molecule has 0 aromatic heterocycles. The summed E-state index contributed by atoms with van der Waals surface area (Å²) in [6.45, 7) is 5.24. The van der Waals surface area contributed by atoms with E-state index in [1.165, 1.54) is 6.07 Å². The van der Waals surface area contributed by atoms with E-state index in [-0.39, 0.29) is 17.6 Å². The first-order chi connectivity index (χ1) is 10.1. The molecule has 2 rings (SSSR count). The molecule has 0 bridgehead atoms. The molecule has 1 atom stereocenters. The second kappa shape index (κ2) is 7.57. The Morgan fingerprint density at radius 3 is 2.71 bits per heavy atom. The van der Waals surface area contributed by atoms with Gasteiger partial charge >= 0.3 is 0 Å². The summed E-state index contributed by atoms with van der Waals surface area (Å²) in [5, 5.41) is 3.26. The van der Waals surface area contributed by atoms with Gasteiger partial charge in [-0.2, -0.15) is 0 Å². The van der Waals surface area contributed by atoms with Crippen molar-refractivity contribution in [3.63, 3.8) is 0 Å². The summed E-state index contributed by atoms with van der Waals surface area (Å²) in [7, 11) is 0. The third kappa shape index (κ3) is 4.55. The van der Waals surface area contributed by atoms with Gasteiger partial charge < -0.3 is 10.1 Å². The molecule has 0 radical (unpaired) electrons. The molecule has 21 heavy (non-hydrogen) atoms. The number of ether oxygens (including phenoxy) is 1. The molecule has 0 saturated carbocycles. The van der Waals surface area contributed by atoms with Crippen LogP contribution in [0.15, 0.2) is 46.9 Å². The standard InChI is InChI=1S/C17H19BrFNO/c1-3-20-12(2)14-7-8-17(16(19)10-14)21-11-13-5-4-6-15(18)9-13/h4-10,12,20H,3,11H2,1-2H3. The van der Waals surface area contributed by atoms with Crippen LogP contribution in [0.1, 0.15) is 31.0 Å². The van der Waals surface area contributed by atoms with Crippen LogP contribution in [0.25, 0.3) is 0 Å². The summed E-state index contributed by atoms with van der Waals surface area (Å²) in [6.07, 6.45) is 0. The first-order valence-electron chi connectivity index (χ1n) is 7.00. The summed E-state index contributed by atoms with van der Waals surface area (Å²) in [4.78, 5) is 0. The van der Waals surface area contributed by atoms with E-state index in [1.54, 1.807) is 6.07 Å². The zero-order valence-electron chi connectivity index (χ0n) is 12.2. The molecule has 0 amide bonds. The molecule has 0 spiro atoms. The first-order valence-corrected chi connectivity index (χ1v) is 7.79. The van der Waals surface area contributed by atoms with E-state index in [1.807, 2.05) is 44.2 Å². The van der Waals surface area contributed by atoms with Gasteiger partial charge in [0.1, 0.15) is 6.61 Å². The maximum atomic E-state index is 14.1. The van der Waals surface area contributed by atoms with E-state index in [0.717, 1.165) is 22.1 Å². The highest BCUT2D eigenvalue weighted by Crippen LogP contribution is 2.23. The van der Waals surface area contributed by atoms with Crippen LogP contribution in [-0.2, 0) is 6.61 Å². The summed E-state index contributed by atoms with van der Waals surface area (Å²) in [5.41, 5.74) is 1.91. The topological polar surface area (TPSA) is 21.3 Å². The second-order valence-corrected chi connectivity index (χ2v) is 5.80. The monoisotopic (exact) mass is 351 g/mol. The van der Waals surface area contributed by atoms with E-state index in [4.69, 9.17) is 4.74 Å². The van der Waals surface area contributed by atoms with Crippen molar-refractivity contribution in [2.45, 2.75) is 26.5 Å². The minimum atomic E-state index is -0.327. The summed E-state index contributed by atoms with van der Waals surface area (Å²) >= 11 is 3.41. The lowest BCUT2D eigenvalue weighted by Gasteiger charge is -2.14. The van der Waals surface area contributed by atoms with Crippen LogP contribution < -0.4 is 10.1 Å². The maximum absolute atomic E-state index is 14.1. The number of benzene rings is 2. The van der Waals surface area contributed by atoms with Crippen molar-refractivity contribution < 1.29 is 9.13 Å². The number of hydrogen-bond donors (Lipinski definition) is 1. The molecule has 2 nitrogen and oxygen atoms in total. The molecule has 0 aliphatic carbocycles. The van der Waals surface area contributed by atoms with Crippen LogP contribution in [0.2, 0.25) is 0 Å². The smallest absolute Gasteiger partial charge is 0.165 e. The highest BCUT2D eigenvalue weighted by atomic mass is 79.9. The molecule has 2 aromatic rings. The van der Waals surface area contributed by atoms with E-state index in [2.05, 4.69) is 21.2 Å². The minimum absolute atomic E-state index is 0.128. The molecule has 2 aromatic carbocycles. The molecular formula is C17H19BrFNO. The van der Waals surface area contributed by atoms with Crippen LogP contribution >= 0.6 is 15.9 Å². The fourth-order valence-corrected chi connectivity index (χ4v) is 2.56. The van der Waals surface area contributed by atoms with Gasteiger partial charge in [0.2, 0.25) is 0 Å². The summed E-state index contributed by atoms with van der Waals surface area (Å²) < 4.78 is 20.6. The SMILES string of the molecule is CCNC(C)c1ccc(OCc2cccc(Br)c2)c(F)c1. The predicted octanol–water partition coefficient (Wildman–Crippen LogP) is 4.84. The molecule has 0 aliphatic heterocycles. The molecule has 4 heteroatoms.